The van der Waals surface area contributed by atoms with Crippen LogP contribution in [0.2, 0.25) is 0 Å². The standard InChI is InChI=1S/2C18H14N2.C18H17N.2C17H14N2O2/c1-19-16-8-5-9-17(13-16)20(2)18-11-10-14-6-3-4-7-15(14)12-18;1-20(17-9-6-14(13-19)7-10-17)18-11-8-15-4-2-3-5-16(15)12-18;1-14-6-5-9-17(12-14)19(2)18-11-10-15-7-3-4-8-16(15)13-18;1-18(15-7-4-8-17(12-15)19(20)21)16-10-9-13-5-2-3-6-14(13)11-16;1-18(15-8-10-16(11-9-15)19(20)21)17-7-6-13-4-2-3-5-14(13)12-17/h3-13H,2H3;2-12H,1H3;3-13H,1-2H3;2*2-12H,1H3. The normalized spacial score (nSPS) is 10.4. The minimum atomic E-state index is -0.389. The summed E-state index contributed by atoms with van der Waals surface area (Å²) in [5.74, 6) is 0. The molecular weight excluding hydrogens is 1250 g/mol. The average Bonchev–Trinajstić information content (AvgIpc) is 0.848. The number of fused-ring (bicyclic) bond motifs is 5. The molecule has 494 valence electrons. The second-order valence-electron chi connectivity index (χ2n) is 24.1. The zero-order valence-electron chi connectivity index (χ0n) is 56.9. The molecule has 0 aliphatic carbocycles. The number of anilines is 10. The Balaban J connectivity index is 0.000000127. The van der Waals surface area contributed by atoms with Crippen LogP contribution in [-0.2, 0) is 0 Å². The van der Waals surface area contributed by atoms with Gasteiger partial charge in [0.15, 0.2) is 5.69 Å². The zero-order chi connectivity index (χ0) is 70.8. The van der Waals surface area contributed by atoms with Gasteiger partial charge in [0, 0.05) is 116 Å². The summed E-state index contributed by atoms with van der Waals surface area (Å²) in [5.41, 5.74) is 13.3. The van der Waals surface area contributed by atoms with E-state index in [1.165, 1.54) is 83.6 Å². The highest BCUT2D eigenvalue weighted by Crippen LogP contribution is 2.34. The summed E-state index contributed by atoms with van der Waals surface area (Å²) >= 11 is 0. The molecule has 0 unspecified atom stereocenters. The van der Waals surface area contributed by atoms with E-state index in [4.69, 9.17) is 11.8 Å². The first-order valence-electron chi connectivity index (χ1n) is 32.8. The lowest BCUT2D eigenvalue weighted by Crippen LogP contribution is -2.09. The maximum Gasteiger partial charge on any atom is 0.271 e. The molecule has 15 rings (SSSR count). The van der Waals surface area contributed by atoms with Crippen molar-refractivity contribution in [2.24, 2.45) is 0 Å². The summed E-state index contributed by atoms with van der Waals surface area (Å²) in [5, 5.41) is 42.6. The van der Waals surface area contributed by atoms with E-state index in [-0.39, 0.29) is 21.2 Å². The molecule has 0 fully saturated rings. The van der Waals surface area contributed by atoms with E-state index in [1.54, 1.807) is 24.3 Å². The van der Waals surface area contributed by atoms with E-state index in [0.717, 1.165) is 50.9 Å². The number of non-ortho nitro benzene ring substituents is 2. The molecule has 0 bridgehead atoms. The van der Waals surface area contributed by atoms with Crippen LogP contribution >= 0.6 is 0 Å². The van der Waals surface area contributed by atoms with Gasteiger partial charge in [-0.25, -0.2) is 4.85 Å². The minimum absolute atomic E-state index is 0.0974. The minimum Gasteiger partial charge on any atom is -0.346 e. The molecule has 0 radical (unpaired) electrons. The van der Waals surface area contributed by atoms with Gasteiger partial charge in [-0.2, -0.15) is 5.26 Å². The topological polar surface area (TPSA) is 131 Å². The molecule has 0 aliphatic rings. The number of hydrogen-bond donors (Lipinski definition) is 0. The van der Waals surface area contributed by atoms with Gasteiger partial charge in [-0.05, 0) is 194 Å². The fourth-order valence-corrected chi connectivity index (χ4v) is 11.7. The molecule has 15 aromatic carbocycles. The average molecular weight is 1320 g/mol. The van der Waals surface area contributed by atoms with E-state index in [0.29, 0.717) is 11.3 Å². The lowest BCUT2D eigenvalue weighted by Gasteiger charge is -2.20. The van der Waals surface area contributed by atoms with Crippen LogP contribution in [0.25, 0.3) is 58.7 Å². The molecule has 15 aromatic rings. The second-order valence-corrected chi connectivity index (χ2v) is 24.1. The Labute approximate surface area is 588 Å². The fraction of sp³-hybridized carbons (Fsp3) is 0.0682. The maximum atomic E-state index is 10.9. The van der Waals surface area contributed by atoms with Gasteiger partial charge in [0.1, 0.15) is 0 Å². The summed E-state index contributed by atoms with van der Waals surface area (Å²) < 4.78 is 0. The molecule has 0 heterocycles. The van der Waals surface area contributed by atoms with Crippen molar-refractivity contribution < 1.29 is 9.85 Å². The molecule has 13 nitrogen and oxygen atoms in total. The number of hydrogen-bond acceptors (Lipinski definition) is 10. The Morgan fingerprint density at radius 1 is 0.297 bits per heavy atom. The lowest BCUT2D eigenvalue weighted by atomic mass is 10.1. The number of nitro groups is 2. The number of nitro benzene ring substituents is 2. The third-order valence-electron chi connectivity index (χ3n) is 17.6. The van der Waals surface area contributed by atoms with Gasteiger partial charge < -0.3 is 24.5 Å². The Morgan fingerprint density at radius 3 is 0.901 bits per heavy atom. The van der Waals surface area contributed by atoms with Crippen molar-refractivity contribution in [2.75, 3.05) is 59.7 Å². The van der Waals surface area contributed by atoms with Crippen LogP contribution in [0, 0.1) is 45.1 Å². The van der Waals surface area contributed by atoms with Gasteiger partial charge in [-0.1, -0.05) is 182 Å². The number of nitriles is 1. The van der Waals surface area contributed by atoms with Crippen LogP contribution in [0.1, 0.15) is 11.1 Å². The smallest absolute Gasteiger partial charge is 0.271 e. The number of aryl methyl sites for hydroxylation is 1. The third-order valence-corrected chi connectivity index (χ3v) is 17.6. The highest BCUT2D eigenvalue weighted by Gasteiger charge is 2.13. The molecule has 0 saturated heterocycles. The van der Waals surface area contributed by atoms with Crippen molar-refractivity contribution in [1.82, 2.24) is 0 Å². The lowest BCUT2D eigenvalue weighted by molar-refractivity contribution is -0.385. The van der Waals surface area contributed by atoms with Crippen molar-refractivity contribution in [1.29, 1.82) is 5.26 Å². The van der Waals surface area contributed by atoms with Crippen molar-refractivity contribution in [2.45, 2.75) is 6.92 Å². The first kappa shape index (κ1) is 68.8. The Hall–Kier alpha value is -13.6. The van der Waals surface area contributed by atoms with Gasteiger partial charge in [0.25, 0.3) is 11.4 Å². The van der Waals surface area contributed by atoms with Crippen LogP contribution in [0.4, 0.5) is 73.9 Å². The van der Waals surface area contributed by atoms with Gasteiger partial charge in [-0.3, -0.25) is 20.2 Å². The first-order chi connectivity index (χ1) is 49.1. The summed E-state index contributed by atoms with van der Waals surface area (Å²) in [4.78, 5) is 34.7. The summed E-state index contributed by atoms with van der Waals surface area (Å²) in [6, 6.07) is 112. The maximum absolute atomic E-state index is 10.9. The highest BCUT2D eigenvalue weighted by molar-refractivity contribution is 5.91. The van der Waals surface area contributed by atoms with Gasteiger partial charge in [0.2, 0.25) is 0 Å². The van der Waals surface area contributed by atoms with Crippen LogP contribution in [-0.4, -0.2) is 45.1 Å². The van der Waals surface area contributed by atoms with Gasteiger partial charge in [-0.15, -0.1) is 0 Å². The number of benzene rings is 15. The fourth-order valence-electron chi connectivity index (χ4n) is 11.7. The Kier molecular flexibility index (Phi) is 22.1. The van der Waals surface area contributed by atoms with E-state index in [1.807, 2.05) is 153 Å². The monoisotopic (exact) mass is 1320 g/mol. The molecule has 0 atom stereocenters. The molecule has 0 N–H and O–H groups in total. The number of nitrogens with zero attached hydrogens (tertiary/aromatic N) is 9. The first-order valence-corrected chi connectivity index (χ1v) is 32.8. The summed E-state index contributed by atoms with van der Waals surface area (Å²) in [6.45, 7) is 9.22. The Morgan fingerprint density at radius 2 is 0.574 bits per heavy atom. The molecule has 0 aromatic heterocycles. The van der Waals surface area contributed by atoms with Crippen LogP contribution in [0.15, 0.2) is 334 Å². The summed E-state index contributed by atoms with van der Waals surface area (Å²) in [6.07, 6.45) is 0. The molecule has 0 aliphatic heterocycles. The van der Waals surface area contributed by atoms with E-state index in [9.17, 15) is 20.2 Å². The van der Waals surface area contributed by atoms with Crippen molar-refractivity contribution in [3.05, 3.63) is 376 Å². The van der Waals surface area contributed by atoms with E-state index in [2.05, 4.69) is 216 Å². The molecule has 0 spiro atoms. The quantitative estimate of drug-likeness (QED) is 0.0662. The van der Waals surface area contributed by atoms with Crippen molar-refractivity contribution >= 4 is 128 Å². The van der Waals surface area contributed by atoms with Crippen LogP contribution < -0.4 is 24.5 Å². The molecular formula is C88H73N9O4. The van der Waals surface area contributed by atoms with E-state index >= 15 is 0 Å². The summed E-state index contributed by atoms with van der Waals surface area (Å²) in [7, 11) is 10.0. The second kappa shape index (κ2) is 32.4. The van der Waals surface area contributed by atoms with Crippen LogP contribution in [0.3, 0.4) is 0 Å². The molecule has 101 heavy (non-hydrogen) atoms. The molecule has 0 amide bonds. The third kappa shape index (κ3) is 17.3. The predicted molar refractivity (Wildman–Crippen MR) is 421 cm³/mol. The largest absolute Gasteiger partial charge is 0.346 e. The van der Waals surface area contributed by atoms with E-state index < -0.39 is 0 Å². The zero-order valence-corrected chi connectivity index (χ0v) is 56.9. The molecule has 13 heteroatoms. The van der Waals surface area contributed by atoms with Gasteiger partial charge >= 0.3 is 0 Å². The molecule has 0 saturated carbocycles. The highest BCUT2D eigenvalue weighted by atomic mass is 16.6. The van der Waals surface area contributed by atoms with Crippen molar-refractivity contribution in [3.8, 4) is 6.07 Å². The van der Waals surface area contributed by atoms with Crippen LogP contribution in [0.5, 0.6) is 0 Å². The Bertz CT molecular complexity index is 5500. The predicted octanol–water partition coefficient (Wildman–Crippen LogP) is 23.6. The number of rotatable bonds is 12. The SMILES string of the molecule is CN(c1ccc(C#N)cc1)c1ccc2ccccc2c1.CN(c1ccc([N+](=O)[O-])cc1)c1ccc2ccccc2c1.CN(c1cccc([N+](=O)[O-])c1)c1ccc2ccccc2c1.Cc1cccc(N(C)c2ccc3ccccc3c2)c1.[C-]#[N+]c1cccc(N(C)c2ccc3ccccc3c2)c1. The van der Waals surface area contributed by atoms with Gasteiger partial charge in [0.05, 0.1) is 28.1 Å². The van der Waals surface area contributed by atoms with Crippen molar-refractivity contribution in [3.63, 3.8) is 0 Å².